The van der Waals surface area contributed by atoms with Gasteiger partial charge in [-0.15, -0.1) is 0 Å². The third-order valence-electron chi connectivity index (χ3n) is 6.69. The summed E-state index contributed by atoms with van der Waals surface area (Å²) in [7, 11) is 1.53. The average molecular weight is 698 g/mol. The van der Waals surface area contributed by atoms with Crippen molar-refractivity contribution in [1.82, 2.24) is 14.5 Å². The molecule has 0 radical (unpaired) electrons. The van der Waals surface area contributed by atoms with Crippen LogP contribution in [0.25, 0.3) is 22.3 Å². The van der Waals surface area contributed by atoms with Crippen molar-refractivity contribution in [2.24, 2.45) is 0 Å². The first-order chi connectivity index (χ1) is 20.7. The van der Waals surface area contributed by atoms with E-state index in [1.807, 2.05) is 28.7 Å². The first-order valence-corrected chi connectivity index (χ1v) is 13.9. The minimum Gasteiger partial charge on any atom is -0.478 e. The third kappa shape index (κ3) is 6.47. The summed E-state index contributed by atoms with van der Waals surface area (Å²) in [4.78, 5) is 20.5. The highest BCUT2D eigenvalue weighted by atomic mass is 127. The van der Waals surface area contributed by atoms with Crippen molar-refractivity contribution in [1.29, 1.82) is 5.26 Å². The van der Waals surface area contributed by atoms with Gasteiger partial charge in [-0.1, -0.05) is 12.1 Å². The summed E-state index contributed by atoms with van der Waals surface area (Å²) >= 11 is 2.00. The summed E-state index contributed by atoms with van der Waals surface area (Å²) in [5.74, 6) is -2.60. The maximum atomic E-state index is 15.4. The maximum Gasteiger partial charge on any atom is 0.335 e. The number of halogens is 4. The molecule has 1 N–H and O–H groups in total. The average Bonchev–Trinajstić information content (AvgIpc) is 3.34. The summed E-state index contributed by atoms with van der Waals surface area (Å²) in [6.07, 6.45) is -0.0629. The van der Waals surface area contributed by atoms with Crippen molar-refractivity contribution in [3.63, 3.8) is 0 Å². The minimum atomic E-state index is -1.09. The Hall–Kier alpha value is -4.48. The second-order valence-corrected chi connectivity index (χ2v) is 10.6. The smallest absolute Gasteiger partial charge is 0.335 e. The number of carboxylic acid groups (broad SMARTS) is 1. The predicted molar refractivity (Wildman–Crippen MR) is 159 cm³/mol. The number of carbonyl (C=O) groups is 1. The standard InChI is InChI=1S/C31H22F3IN4O4/c1-42-8-7-39-27-12-20(31(40)41)11-25(35)30(27)38-28(39)13-19-10-24(34)21(14-23(19)33)26-3-2-4-29(37-26)43-16-18-6-5-17(15-36)9-22(18)32/h2-6,9-12,14H,7-8,13,16H2,1H3,(H,40,41). The van der Waals surface area contributed by atoms with Gasteiger partial charge in [-0.05, 0) is 70.6 Å². The zero-order chi connectivity index (χ0) is 30.7. The first kappa shape index (κ1) is 30.0. The second-order valence-electron chi connectivity index (χ2n) is 9.47. The second kappa shape index (κ2) is 12.8. The highest BCUT2D eigenvalue weighted by Crippen LogP contribution is 2.29. The minimum absolute atomic E-state index is 0.0485. The number of imidazole rings is 1. The molecule has 0 aliphatic carbocycles. The number of aromatic carboxylic acids is 1. The number of benzene rings is 3. The molecular formula is C31H22F3IN4O4. The molecule has 5 aromatic rings. The van der Waals surface area contributed by atoms with E-state index in [4.69, 9.17) is 14.7 Å². The summed E-state index contributed by atoms with van der Waals surface area (Å²) in [5, 5.41) is 18.4. The van der Waals surface area contributed by atoms with Crippen LogP contribution in [0.1, 0.15) is 32.9 Å². The lowest BCUT2D eigenvalue weighted by molar-refractivity contribution is 0.0697. The monoisotopic (exact) mass is 698 g/mol. The number of carboxylic acids is 1. The van der Waals surface area contributed by atoms with Crippen LogP contribution in [0.3, 0.4) is 0 Å². The molecule has 218 valence electrons. The van der Waals surface area contributed by atoms with Crippen molar-refractivity contribution >= 4 is 39.6 Å². The van der Waals surface area contributed by atoms with Gasteiger partial charge in [0.05, 0.1) is 35.0 Å². The Balaban J connectivity index is 1.42. The SMILES string of the molecule is COCCn1c(Cc2cc(F)c(-c3cccc(OCc4ccc(C#N)cc4F)n3)cc2F)nc2c(I)cc(C(=O)O)cc21. The highest BCUT2D eigenvalue weighted by Gasteiger charge is 2.20. The number of nitrogens with zero attached hydrogens (tertiary/aromatic N) is 4. The predicted octanol–water partition coefficient (Wildman–Crippen LogP) is 6.51. The van der Waals surface area contributed by atoms with Gasteiger partial charge in [0.1, 0.15) is 35.4 Å². The fraction of sp³-hybridized carbons (Fsp3) is 0.161. The molecule has 2 heterocycles. The largest absolute Gasteiger partial charge is 0.478 e. The summed E-state index contributed by atoms with van der Waals surface area (Å²) in [5.41, 5.74) is 1.65. The Bertz CT molecular complexity index is 1910. The molecule has 0 unspecified atom stereocenters. The molecule has 2 aromatic heterocycles. The van der Waals surface area contributed by atoms with Crippen LogP contribution in [-0.4, -0.2) is 39.3 Å². The Morgan fingerprint density at radius 2 is 1.81 bits per heavy atom. The topological polar surface area (TPSA) is 110 Å². The Kier molecular flexibility index (Phi) is 8.93. The van der Waals surface area contributed by atoms with Gasteiger partial charge >= 0.3 is 5.97 Å². The van der Waals surface area contributed by atoms with Gasteiger partial charge in [-0.3, -0.25) is 0 Å². The molecule has 0 saturated heterocycles. The van der Waals surface area contributed by atoms with Gasteiger partial charge in [0.15, 0.2) is 0 Å². The number of pyridine rings is 1. The Morgan fingerprint density at radius 1 is 1.02 bits per heavy atom. The molecule has 0 fully saturated rings. The number of methoxy groups -OCH3 is 1. The molecule has 0 aliphatic rings. The maximum absolute atomic E-state index is 15.4. The molecule has 0 bridgehead atoms. The molecule has 0 aliphatic heterocycles. The van der Waals surface area contributed by atoms with E-state index < -0.39 is 23.4 Å². The molecule has 0 spiro atoms. The summed E-state index contributed by atoms with van der Waals surface area (Å²) in [6, 6.07) is 15.6. The number of ether oxygens (including phenoxy) is 2. The van der Waals surface area contributed by atoms with E-state index in [-0.39, 0.29) is 52.4 Å². The Morgan fingerprint density at radius 3 is 2.53 bits per heavy atom. The van der Waals surface area contributed by atoms with Crippen molar-refractivity contribution in [2.75, 3.05) is 13.7 Å². The van der Waals surface area contributed by atoms with Crippen LogP contribution in [0, 0.1) is 32.4 Å². The normalized spacial score (nSPS) is 11.1. The lowest BCUT2D eigenvalue weighted by Gasteiger charge is -2.12. The summed E-state index contributed by atoms with van der Waals surface area (Å²) < 4.78 is 58.2. The van der Waals surface area contributed by atoms with Gasteiger partial charge in [-0.2, -0.15) is 5.26 Å². The highest BCUT2D eigenvalue weighted by molar-refractivity contribution is 14.1. The summed E-state index contributed by atoms with van der Waals surface area (Å²) in [6.45, 7) is 0.442. The quantitative estimate of drug-likeness (QED) is 0.166. The van der Waals surface area contributed by atoms with E-state index >= 15 is 8.78 Å². The molecule has 3 aromatic carbocycles. The first-order valence-electron chi connectivity index (χ1n) is 12.9. The number of fused-ring (bicyclic) bond motifs is 1. The zero-order valence-corrected chi connectivity index (χ0v) is 24.7. The molecule has 0 atom stereocenters. The lowest BCUT2D eigenvalue weighted by atomic mass is 10.0. The fourth-order valence-electron chi connectivity index (χ4n) is 4.54. The number of hydrogen-bond acceptors (Lipinski definition) is 6. The van der Waals surface area contributed by atoms with Crippen molar-refractivity contribution in [2.45, 2.75) is 19.6 Å². The fourth-order valence-corrected chi connectivity index (χ4v) is 5.27. The van der Waals surface area contributed by atoms with Gasteiger partial charge in [0, 0.05) is 40.8 Å². The molecule has 12 heteroatoms. The number of hydrogen-bond donors (Lipinski definition) is 1. The zero-order valence-electron chi connectivity index (χ0n) is 22.6. The van der Waals surface area contributed by atoms with Crippen LogP contribution in [0.2, 0.25) is 0 Å². The molecule has 43 heavy (non-hydrogen) atoms. The van der Waals surface area contributed by atoms with Crippen LogP contribution >= 0.6 is 22.6 Å². The van der Waals surface area contributed by atoms with Gasteiger partial charge < -0.3 is 19.1 Å². The van der Waals surface area contributed by atoms with Crippen LogP contribution in [0.4, 0.5) is 13.2 Å². The van der Waals surface area contributed by atoms with Crippen molar-refractivity contribution in [3.8, 4) is 23.2 Å². The Labute approximate surface area is 257 Å². The third-order valence-corrected chi connectivity index (χ3v) is 7.52. The lowest BCUT2D eigenvalue weighted by Crippen LogP contribution is -2.10. The van der Waals surface area contributed by atoms with Crippen LogP contribution in [-0.2, 0) is 24.3 Å². The van der Waals surface area contributed by atoms with E-state index in [2.05, 4.69) is 9.97 Å². The number of rotatable bonds is 10. The molecule has 0 amide bonds. The van der Waals surface area contributed by atoms with Crippen molar-refractivity contribution < 1.29 is 32.5 Å². The van der Waals surface area contributed by atoms with Gasteiger partial charge in [0.25, 0.3) is 0 Å². The molecule has 5 rings (SSSR count). The molecule has 8 nitrogen and oxygen atoms in total. The van der Waals surface area contributed by atoms with Gasteiger partial charge in [-0.25, -0.2) is 27.9 Å². The van der Waals surface area contributed by atoms with Crippen LogP contribution in [0.15, 0.2) is 60.7 Å². The number of nitriles is 1. The molecule has 0 saturated carbocycles. The van der Waals surface area contributed by atoms with E-state index in [1.165, 1.54) is 43.5 Å². The van der Waals surface area contributed by atoms with E-state index in [9.17, 15) is 14.3 Å². The van der Waals surface area contributed by atoms with Crippen LogP contribution in [0.5, 0.6) is 5.88 Å². The van der Waals surface area contributed by atoms with Gasteiger partial charge in [0.2, 0.25) is 5.88 Å². The number of aromatic nitrogens is 3. The van der Waals surface area contributed by atoms with E-state index in [1.54, 1.807) is 10.6 Å². The van der Waals surface area contributed by atoms with E-state index in [0.717, 1.165) is 18.2 Å². The van der Waals surface area contributed by atoms with Crippen LogP contribution < -0.4 is 4.74 Å². The van der Waals surface area contributed by atoms with Crippen molar-refractivity contribution in [3.05, 3.63) is 110 Å². The molecular weight excluding hydrogens is 676 g/mol. The van der Waals surface area contributed by atoms with E-state index in [0.29, 0.717) is 33.6 Å².